The lowest BCUT2D eigenvalue weighted by Crippen LogP contribution is -2.41. The molecule has 1 aliphatic rings. The topological polar surface area (TPSA) is 24.4 Å². The Bertz CT molecular complexity index is 159. The number of aliphatic imine (C=N–C) groups is 1. The van der Waals surface area contributed by atoms with Gasteiger partial charge in [0.2, 0.25) is 0 Å². The Balaban J connectivity index is 2.56. The summed E-state index contributed by atoms with van der Waals surface area (Å²) in [7, 11) is 0. The molecule has 2 atom stereocenters. The van der Waals surface area contributed by atoms with Crippen LogP contribution in [0.15, 0.2) is 4.99 Å². The molecule has 0 saturated carbocycles. The average molecular weight is 170 g/mol. The SMILES string of the molecule is FC(F)C1N=CNC1C(F)F. The van der Waals surface area contributed by atoms with Gasteiger partial charge in [0.15, 0.2) is 0 Å². The van der Waals surface area contributed by atoms with Gasteiger partial charge in [0, 0.05) is 0 Å². The van der Waals surface area contributed by atoms with Crippen molar-refractivity contribution in [3.05, 3.63) is 0 Å². The fourth-order valence-corrected chi connectivity index (χ4v) is 0.850. The molecule has 1 N–H and O–H groups in total. The van der Waals surface area contributed by atoms with Crippen molar-refractivity contribution in [1.29, 1.82) is 0 Å². The van der Waals surface area contributed by atoms with Gasteiger partial charge < -0.3 is 5.32 Å². The Morgan fingerprint density at radius 3 is 2.18 bits per heavy atom. The molecule has 0 spiro atoms. The highest BCUT2D eigenvalue weighted by atomic mass is 19.3. The largest absolute Gasteiger partial charge is 0.366 e. The second kappa shape index (κ2) is 3.06. The minimum absolute atomic E-state index is 0.896. The molecule has 11 heavy (non-hydrogen) atoms. The lowest BCUT2D eigenvalue weighted by atomic mass is 10.1. The van der Waals surface area contributed by atoms with E-state index in [1.165, 1.54) is 0 Å². The second-order valence-corrected chi connectivity index (χ2v) is 2.13. The average Bonchev–Trinajstić information content (AvgIpc) is 2.32. The lowest BCUT2D eigenvalue weighted by Gasteiger charge is -2.15. The molecular formula is C5H6F4N2. The van der Waals surface area contributed by atoms with Gasteiger partial charge in [0.05, 0.1) is 6.34 Å². The van der Waals surface area contributed by atoms with E-state index in [9.17, 15) is 17.6 Å². The quantitative estimate of drug-likeness (QED) is 0.611. The van der Waals surface area contributed by atoms with Crippen LogP contribution >= 0.6 is 0 Å². The Labute approximate surface area is 60.3 Å². The molecule has 64 valence electrons. The highest BCUT2D eigenvalue weighted by molar-refractivity contribution is 5.58. The molecule has 0 saturated heterocycles. The summed E-state index contributed by atoms with van der Waals surface area (Å²) in [6, 6.07) is -3.13. The number of hydrogen-bond acceptors (Lipinski definition) is 2. The lowest BCUT2D eigenvalue weighted by molar-refractivity contribution is 0.0447. The third-order valence-electron chi connectivity index (χ3n) is 1.41. The molecule has 0 radical (unpaired) electrons. The summed E-state index contributed by atoms with van der Waals surface area (Å²) in [5.74, 6) is 0. The summed E-state index contributed by atoms with van der Waals surface area (Å²) in [6.45, 7) is 0. The van der Waals surface area contributed by atoms with Gasteiger partial charge in [-0.15, -0.1) is 0 Å². The molecule has 0 fully saturated rings. The molecule has 2 unspecified atom stereocenters. The van der Waals surface area contributed by atoms with E-state index in [-0.39, 0.29) is 0 Å². The Hall–Kier alpha value is -0.810. The molecule has 1 aliphatic heterocycles. The molecule has 6 heteroatoms. The normalized spacial score (nSPS) is 30.0. The molecule has 1 heterocycles. The van der Waals surface area contributed by atoms with Gasteiger partial charge >= 0.3 is 0 Å². The Morgan fingerprint density at radius 2 is 1.82 bits per heavy atom. The van der Waals surface area contributed by atoms with Gasteiger partial charge in [-0.3, -0.25) is 4.99 Å². The predicted molar refractivity (Wildman–Crippen MR) is 31.2 cm³/mol. The van der Waals surface area contributed by atoms with Gasteiger partial charge in [0.1, 0.15) is 12.1 Å². The van der Waals surface area contributed by atoms with Crippen molar-refractivity contribution in [2.45, 2.75) is 24.9 Å². The first kappa shape index (κ1) is 8.29. The van der Waals surface area contributed by atoms with E-state index in [2.05, 4.69) is 10.3 Å². The maximum atomic E-state index is 11.9. The van der Waals surface area contributed by atoms with Crippen molar-refractivity contribution in [1.82, 2.24) is 5.32 Å². The summed E-state index contributed by atoms with van der Waals surface area (Å²) in [4.78, 5) is 3.17. The van der Waals surface area contributed by atoms with Crippen LogP contribution in [0.5, 0.6) is 0 Å². The highest BCUT2D eigenvalue weighted by Crippen LogP contribution is 2.18. The van der Waals surface area contributed by atoms with Crippen LogP contribution in [-0.2, 0) is 0 Å². The number of nitrogens with one attached hydrogen (secondary N) is 1. The van der Waals surface area contributed by atoms with E-state index in [0.29, 0.717) is 0 Å². The van der Waals surface area contributed by atoms with Crippen molar-refractivity contribution in [3.8, 4) is 0 Å². The van der Waals surface area contributed by atoms with E-state index in [0.717, 1.165) is 6.34 Å². The van der Waals surface area contributed by atoms with Crippen molar-refractivity contribution in [2.75, 3.05) is 0 Å². The molecule has 0 aliphatic carbocycles. The van der Waals surface area contributed by atoms with Crippen molar-refractivity contribution in [3.63, 3.8) is 0 Å². The van der Waals surface area contributed by atoms with Crippen molar-refractivity contribution >= 4 is 6.34 Å². The van der Waals surface area contributed by atoms with Crippen LogP contribution in [0.1, 0.15) is 0 Å². The first-order valence-corrected chi connectivity index (χ1v) is 2.97. The third-order valence-corrected chi connectivity index (χ3v) is 1.41. The van der Waals surface area contributed by atoms with Crippen LogP contribution in [0, 0.1) is 0 Å². The first-order chi connectivity index (χ1) is 5.13. The molecule has 0 amide bonds. The van der Waals surface area contributed by atoms with Crippen molar-refractivity contribution in [2.24, 2.45) is 4.99 Å². The maximum Gasteiger partial charge on any atom is 0.262 e. The summed E-state index contributed by atoms with van der Waals surface area (Å²) >= 11 is 0. The summed E-state index contributed by atoms with van der Waals surface area (Å²) in [6.07, 6.45) is -4.75. The summed E-state index contributed by atoms with van der Waals surface area (Å²) in [5.41, 5.74) is 0. The van der Waals surface area contributed by atoms with Gasteiger partial charge in [-0.05, 0) is 0 Å². The van der Waals surface area contributed by atoms with E-state index >= 15 is 0 Å². The first-order valence-electron chi connectivity index (χ1n) is 2.97. The summed E-state index contributed by atoms with van der Waals surface area (Å²) < 4.78 is 47.5. The molecule has 0 aromatic carbocycles. The van der Waals surface area contributed by atoms with Crippen LogP contribution in [0.3, 0.4) is 0 Å². The smallest absolute Gasteiger partial charge is 0.262 e. The van der Waals surface area contributed by atoms with Crippen LogP contribution in [0.2, 0.25) is 0 Å². The second-order valence-electron chi connectivity index (χ2n) is 2.13. The van der Waals surface area contributed by atoms with E-state index in [1.807, 2.05) is 0 Å². The standard InChI is InChI=1S/C5H6F4N2/c6-4(7)2-3(5(8)9)11-1-10-2/h1-5H,(H,10,11). The zero-order valence-electron chi connectivity index (χ0n) is 5.35. The zero-order valence-corrected chi connectivity index (χ0v) is 5.35. The van der Waals surface area contributed by atoms with Crippen LogP contribution in [0.4, 0.5) is 17.6 Å². The third kappa shape index (κ3) is 1.61. The zero-order chi connectivity index (χ0) is 8.43. The minimum Gasteiger partial charge on any atom is -0.366 e. The van der Waals surface area contributed by atoms with Crippen LogP contribution in [0.25, 0.3) is 0 Å². The number of halogens is 4. The fourth-order valence-electron chi connectivity index (χ4n) is 0.850. The molecular weight excluding hydrogens is 164 g/mol. The van der Waals surface area contributed by atoms with E-state index in [1.54, 1.807) is 0 Å². The van der Waals surface area contributed by atoms with Gasteiger partial charge in [-0.2, -0.15) is 0 Å². The highest BCUT2D eigenvalue weighted by Gasteiger charge is 2.37. The van der Waals surface area contributed by atoms with Crippen molar-refractivity contribution < 1.29 is 17.6 Å². The van der Waals surface area contributed by atoms with Gasteiger partial charge in [-0.25, -0.2) is 17.6 Å². The number of alkyl halides is 4. The Morgan fingerprint density at radius 1 is 1.18 bits per heavy atom. The monoisotopic (exact) mass is 170 g/mol. The van der Waals surface area contributed by atoms with E-state index < -0.39 is 24.9 Å². The molecule has 1 rings (SSSR count). The number of nitrogens with zero attached hydrogens (tertiary/aromatic N) is 1. The maximum absolute atomic E-state index is 11.9. The van der Waals surface area contributed by atoms with Crippen LogP contribution < -0.4 is 5.32 Å². The predicted octanol–water partition coefficient (Wildman–Crippen LogP) is 0.885. The summed E-state index contributed by atoms with van der Waals surface area (Å²) in [5, 5.41) is 2.07. The minimum atomic E-state index is -2.83. The number of hydrogen-bond donors (Lipinski definition) is 1. The molecule has 2 nitrogen and oxygen atoms in total. The molecule has 0 bridgehead atoms. The van der Waals surface area contributed by atoms with Gasteiger partial charge in [0.25, 0.3) is 12.9 Å². The molecule has 0 aromatic rings. The Kier molecular flexibility index (Phi) is 2.31. The number of rotatable bonds is 2. The van der Waals surface area contributed by atoms with Crippen LogP contribution in [-0.4, -0.2) is 31.3 Å². The van der Waals surface area contributed by atoms with Gasteiger partial charge in [-0.1, -0.05) is 0 Å². The molecule has 0 aromatic heterocycles. The van der Waals surface area contributed by atoms with E-state index in [4.69, 9.17) is 0 Å². The fraction of sp³-hybridized carbons (Fsp3) is 0.800.